The first-order valence-electron chi connectivity index (χ1n) is 6.70. The number of amides is 2. The number of rotatable bonds is 5. The van der Waals surface area contributed by atoms with Crippen molar-refractivity contribution in [3.05, 3.63) is 0 Å². The normalized spacial score (nSPS) is 16.0. The van der Waals surface area contributed by atoms with E-state index in [2.05, 4.69) is 10.1 Å². The van der Waals surface area contributed by atoms with Gasteiger partial charge in [-0.15, -0.1) is 0 Å². The number of likely N-dealkylation sites (tertiary alicyclic amines) is 1. The van der Waals surface area contributed by atoms with Crippen molar-refractivity contribution < 1.29 is 19.1 Å². The topological polar surface area (TPSA) is 75.7 Å². The number of nitrogens with zero attached hydrogens (tertiary/aromatic N) is 1. The minimum Gasteiger partial charge on any atom is -0.469 e. The lowest BCUT2D eigenvalue weighted by Crippen LogP contribution is -2.46. The predicted octanol–water partition coefficient (Wildman–Crippen LogP) is 0.457. The molecule has 0 aromatic carbocycles. The SMILES string of the molecule is CCC(=O)NC1CCN(C(=O)CCC(=O)OC)CC1. The van der Waals surface area contributed by atoms with E-state index in [-0.39, 0.29) is 36.7 Å². The lowest BCUT2D eigenvalue weighted by Gasteiger charge is -2.32. The maximum atomic E-state index is 11.8. The van der Waals surface area contributed by atoms with Gasteiger partial charge in [0.15, 0.2) is 0 Å². The van der Waals surface area contributed by atoms with Gasteiger partial charge in [0.2, 0.25) is 11.8 Å². The van der Waals surface area contributed by atoms with E-state index >= 15 is 0 Å². The van der Waals surface area contributed by atoms with Crippen molar-refractivity contribution in [2.24, 2.45) is 0 Å². The molecule has 1 aliphatic rings. The highest BCUT2D eigenvalue weighted by molar-refractivity contribution is 5.81. The lowest BCUT2D eigenvalue weighted by molar-refractivity contribution is -0.144. The highest BCUT2D eigenvalue weighted by atomic mass is 16.5. The molecule has 2 amide bonds. The number of methoxy groups -OCH3 is 1. The van der Waals surface area contributed by atoms with E-state index in [0.29, 0.717) is 19.5 Å². The Morgan fingerprint density at radius 2 is 1.84 bits per heavy atom. The molecule has 1 saturated heterocycles. The summed E-state index contributed by atoms with van der Waals surface area (Å²) in [4.78, 5) is 35.8. The van der Waals surface area contributed by atoms with Gasteiger partial charge >= 0.3 is 5.97 Å². The molecule has 0 bridgehead atoms. The Kier molecular flexibility index (Phi) is 6.32. The van der Waals surface area contributed by atoms with Gasteiger partial charge in [-0.2, -0.15) is 0 Å². The first kappa shape index (κ1) is 15.5. The van der Waals surface area contributed by atoms with Crippen LogP contribution in [0.25, 0.3) is 0 Å². The minimum absolute atomic E-state index is 0.0225. The van der Waals surface area contributed by atoms with Crippen LogP contribution in [0.2, 0.25) is 0 Å². The number of carbonyl (C=O) groups is 3. The molecule has 0 spiro atoms. The molecule has 0 aromatic rings. The molecule has 108 valence electrons. The number of nitrogens with one attached hydrogen (secondary N) is 1. The summed E-state index contributed by atoms with van der Waals surface area (Å²) in [6.07, 6.45) is 2.35. The van der Waals surface area contributed by atoms with Crippen LogP contribution in [0.3, 0.4) is 0 Å². The van der Waals surface area contributed by atoms with Crippen molar-refractivity contribution in [2.45, 2.75) is 45.1 Å². The Labute approximate surface area is 113 Å². The van der Waals surface area contributed by atoms with Crippen LogP contribution in [0, 0.1) is 0 Å². The molecule has 1 N–H and O–H groups in total. The smallest absolute Gasteiger partial charge is 0.306 e. The van der Waals surface area contributed by atoms with Crippen molar-refractivity contribution >= 4 is 17.8 Å². The molecule has 1 aliphatic heterocycles. The van der Waals surface area contributed by atoms with E-state index in [0.717, 1.165) is 12.8 Å². The Morgan fingerprint density at radius 1 is 1.21 bits per heavy atom. The third kappa shape index (κ3) is 5.28. The molecule has 0 atom stereocenters. The second-order valence-electron chi connectivity index (χ2n) is 4.65. The highest BCUT2D eigenvalue weighted by Crippen LogP contribution is 2.12. The van der Waals surface area contributed by atoms with Crippen LogP contribution in [0.4, 0.5) is 0 Å². The molecular weight excluding hydrogens is 248 g/mol. The zero-order valence-corrected chi connectivity index (χ0v) is 11.6. The number of esters is 1. The van der Waals surface area contributed by atoms with Gasteiger partial charge < -0.3 is 15.0 Å². The molecule has 6 nitrogen and oxygen atoms in total. The summed E-state index contributed by atoms with van der Waals surface area (Å²) >= 11 is 0. The molecule has 1 rings (SSSR count). The summed E-state index contributed by atoms with van der Waals surface area (Å²) in [6.45, 7) is 3.09. The Bertz CT molecular complexity index is 336. The van der Waals surface area contributed by atoms with Gasteiger partial charge in [-0.05, 0) is 12.8 Å². The summed E-state index contributed by atoms with van der Waals surface area (Å²) in [7, 11) is 1.31. The molecule has 0 aromatic heterocycles. The van der Waals surface area contributed by atoms with E-state index in [1.807, 2.05) is 6.92 Å². The van der Waals surface area contributed by atoms with Gasteiger partial charge in [0.05, 0.1) is 13.5 Å². The van der Waals surface area contributed by atoms with Crippen molar-refractivity contribution in [3.63, 3.8) is 0 Å². The quantitative estimate of drug-likeness (QED) is 0.736. The monoisotopic (exact) mass is 270 g/mol. The fourth-order valence-corrected chi connectivity index (χ4v) is 2.07. The molecule has 0 radical (unpaired) electrons. The zero-order chi connectivity index (χ0) is 14.3. The number of hydrogen-bond acceptors (Lipinski definition) is 4. The molecule has 1 heterocycles. The first-order valence-corrected chi connectivity index (χ1v) is 6.70. The van der Waals surface area contributed by atoms with E-state index in [4.69, 9.17) is 0 Å². The van der Waals surface area contributed by atoms with Crippen molar-refractivity contribution in [3.8, 4) is 0 Å². The minimum atomic E-state index is -0.363. The summed E-state index contributed by atoms with van der Waals surface area (Å²) in [5.74, 6) is -0.334. The summed E-state index contributed by atoms with van der Waals surface area (Å²) in [6, 6.07) is 0.164. The van der Waals surface area contributed by atoms with Crippen molar-refractivity contribution in [1.29, 1.82) is 0 Å². The molecule has 19 heavy (non-hydrogen) atoms. The number of piperidine rings is 1. The van der Waals surface area contributed by atoms with E-state index in [1.54, 1.807) is 4.90 Å². The van der Waals surface area contributed by atoms with Gasteiger partial charge in [0.1, 0.15) is 0 Å². The largest absolute Gasteiger partial charge is 0.469 e. The number of ether oxygens (including phenoxy) is 1. The molecule has 0 saturated carbocycles. The van der Waals surface area contributed by atoms with Crippen LogP contribution >= 0.6 is 0 Å². The number of carbonyl (C=O) groups excluding carboxylic acids is 3. The van der Waals surface area contributed by atoms with E-state index in [1.165, 1.54) is 7.11 Å². The van der Waals surface area contributed by atoms with Crippen molar-refractivity contribution in [2.75, 3.05) is 20.2 Å². The lowest BCUT2D eigenvalue weighted by atomic mass is 10.0. The standard InChI is InChI=1S/C13H22N2O4/c1-3-11(16)14-10-6-8-15(9-7-10)12(17)4-5-13(18)19-2/h10H,3-9H2,1-2H3,(H,14,16). The maximum absolute atomic E-state index is 11.8. The van der Waals surface area contributed by atoms with Crippen molar-refractivity contribution in [1.82, 2.24) is 10.2 Å². The van der Waals surface area contributed by atoms with Crippen LogP contribution in [-0.2, 0) is 19.1 Å². The summed E-state index contributed by atoms with van der Waals surface area (Å²) in [5, 5.41) is 2.94. The average molecular weight is 270 g/mol. The second kappa shape index (κ2) is 7.76. The number of hydrogen-bond donors (Lipinski definition) is 1. The van der Waals surface area contributed by atoms with Crippen LogP contribution in [0.5, 0.6) is 0 Å². The molecule has 0 unspecified atom stereocenters. The second-order valence-corrected chi connectivity index (χ2v) is 4.65. The van der Waals surface area contributed by atoms with Crippen LogP contribution in [-0.4, -0.2) is 48.9 Å². The Morgan fingerprint density at radius 3 is 2.37 bits per heavy atom. The van der Waals surface area contributed by atoms with Crippen LogP contribution < -0.4 is 5.32 Å². The van der Waals surface area contributed by atoms with Gasteiger partial charge in [0, 0.05) is 32.0 Å². The van der Waals surface area contributed by atoms with Gasteiger partial charge in [-0.3, -0.25) is 14.4 Å². The third-order valence-corrected chi connectivity index (χ3v) is 3.30. The first-order chi connectivity index (χ1) is 9.06. The molecular formula is C13H22N2O4. The fraction of sp³-hybridized carbons (Fsp3) is 0.769. The van der Waals surface area contributed by atoms with Gasteiger partial charge in [0.25, 0.3) is 0 Å². The van der Waals surface area contributed by atoms with Crippen LogP contribution in [0.15, 0.2) is 0 Å². The Balaban J connectivity index is 2.27. The molecule has 0 aliphatic carbocycles. The fourth-order valence-electron chi connectivity index (χ4n) is 2.07. The molecule has 6 heteroatoms. The van der Waals surface area contributed by atoms with E-state index < -0.39 is 0 Å². The zero-order valence-electron chi connectivity index (χ0n) is 11.6. The van der Waals surface area contributed by atoms with Crippen LogP contribution in [0.1, 0.15) is 39.0 Å². The third-order valence-electron chi connectivity index (χ3n) is 3.30. The van der Waals surface area contributed by atoms with E-state index in [9.17, 15) is 14.4 Å². The average Bonchev–Trinajstić information content (AvgIpc) is 2.44. The predicted molar refractivity (Wildman–Crippen MR) is 69.3 cm³/mol. The molecule has 1 fully saturated rings. The van der Waals surface area contributed by atoms with Gasteiger partial charge in [-0.25, -0.2) is 0 Å². The summed E-state index contributed by atoms with van der Waals surface area (Å²) in [5.41, 5.74) is 0. The highest BCUT2D eigenvalue weighted by Gasteiger charge is 2.23. The summed E-state index contributed by atoms with van der Waals surface area (Å²) < 4.78 is 4.50. The maximum Gasteiger partial charge on any atom is 0.306 e. The Hall–Kier alpha value is -1.59. The van der Waals surface area contributed by atoms with Gasteiger partial charge in [-0.1, -0.05) is 6.92 Å².